The largest absolute Gasteiger partial charge is 0.350 e. The summed E-state index contributed by atoms with van der Waals surface area (Å²) in [4.78, 5) is 0. The maximum Gasteiger partial charge on any atom is 0.113 e. The molecule has 2 radical (unpaired) electrons. The normalized spacial score (nSPS) is 10.9. The molecule has 0 fully saturated rings. The molecule has 0 N–H and O–H groups in total. The first kappa shape index (κ1) is 9.60. The highest BCUT2D eigenvalue weighted by Crippen LogP contribution is 2.20. The molecule has 0 bridgehead atoms. The van der Waals surface area contributed by atoms with Crippen molar-refractivity contribution < 1.29 is 0 Å². The van der Waals surface area contributed by atoms with Crippen molar-refractivity contribution in [3.05, 3.63) is 36.0 Å². The maximum absolute atomic E-state index is 8.49. The smallest absolute Gasteiger partial charge is 0.113 e. The van der Waals surface area contributed by atoms with Gasteiger partial charge in [-0.25, -0.2) is 0 Å². The van der Waals surface area contributed by atoms with Crippen LogP contribution in [0.3, 0.4) is 0 Å². The van der Waals surface area contributed by atoms with E-state index in [-0.39, 0.29) is 0 Å². The van der Waals surface area contributed by atoms with Gasteiger partial charge in [0.25, 0.3) is 0 Å². The Balaban J connectivity index is 2.71. The molecule has 2 rings (SSSR count). The van der Waals surface area contributed by atoms with Gasteiger partial charge in [-0.3, -0.25) is 0 Å². The molecule has 1 aromatic carbocycles. The van der Waals surface area contributed by atoms with Crippen molar-refractivity contribution in [2.24, 2.45) is 7.05 Å². The van der Waals surface area contributed by atoms with E-state index < -0.39 is 0 Å². The number of aryl methyl sites for hydroxylation is 1. The van der Waals surface area contributed by atoms with Gasteiger partial charge >= 0.3 is 0 Å². The maximum atomic E-state index is 8.49. The van der Waals surface area contributed by atoms with Gasteiger partial charge in [0.05, 0.1) is 6.07 Å². The topological polar surface area (TPSA) is 28.7 Å². The predicted octanol–water partition coefficient (Wildman–Crippen LogP) is 1.51. The van der Waals surface area contributed by atoms with Gasteiger partial charge in [0.1, 0.15) is 7.85 Å². The fourth-order valence-electron chi connectivity index (χ4n) is 1.70. The molecule has 1 heterocycles. The van der Waals surface area contributed by atoms with Crippen LogP contribution >= 0.6 is 0 Å². The number of fused-ring (bicyclic) bond motifs is 1. The van der Waals surface area contributed by atoms with Crippen LogP contribution in [0.1, 0.15) is 5.56 Å². The Labute approximate surface area is 89.8 Å². The van der Waals surface area contributed by atoms with Crippen LogP contribution in [0.5, 0.6) is 0 Å². The van der Waals surface area contributed by atoms with E-state index in [1.807, 2.05) is 42.1 Å². The van der Waals surface area contributed by atoms with E-state index in [9.17, 15) is 0 Å². The second kappa shape index (κ2) is 3.66. The van der Waals surface area contributed by atoms with Gasteiger partial charge in [0, 0.05) is 35.8 Å². The summed E-state index contributed by atoms with van der Waals surface area (Å²) >= 11 is 0. The summed E-state index contributed by atoms with van der Waals surface area (Å²) in [6, 6.07) is 7.76. The van der Waals surface area contributed by atoms with Gasteiger partial charge in [-0.15, -0.1) is 0 Å². The first-order valence-corrected chi connectivity index (χ1v) is 4.63. The molecular weight excluding hydrogens is 183 g/mol. The number of rotatable bonds is 1. The fraction of sp³-hybridized carbons (Fsp3) is 0.0833. The lowest BCUT2D eigenvalue weighted by Gasteiger charge is -1.96. The Hall–Kier alpha value is -1.95. The third kappa shape index (κ3) is 1.67. The average molecular weight is 192 g/mol. The highest BCUT2D eigenvalue weighted by atomic mass is 14.9. The number of hydrogen-bond donors (Lipinski definition) is 0. The van der Waals surface area contributed by atoms with Crippen LogP contribution in [0.15, 0.2) is 30.5 Å². The van der Waals surface area contributed by atoms with Crippen LogP contribution in [0, 0.1) is 11.3 Å². The summed E-state index contributed by atoms with van der Waals surface area (Å²) < 4.78 is 2.02. The van der Waals surface area contributed by atoms with E-state index in [0.717, 1.165) is 21.9 Å². The molecule has 2 aromatic rings. The van der Waals surface area contributed by atoms with Crippen molar-refractivity contribution in [1.82, 2.24) is 4.57 Å². The van der Waals surface area contributed by atoms with Gasteiger partial charge in [-0.05, 0) is 12.1 Å². The molecule has 2 nitrogen and oxygen atoms in total. The molecule has 0 spiro atoms. The van der Waals surface area contributed by atoms with Crippen molar-refractivity contribution in [1.29, 1.82) is 5.26 Å². The van der Waals surface area contributed by atoms with Crippen LogP contribution in [-0.4, -0.2) is 12.4 Å². The Morgan fingerprint density at radius 3 is 3.00 bits per heavy atom. The molecule has 0 saturated carbocycles. The molecule has 3 heteroatoms. The molecule has 0 unspecified atom stereocenters. The molecule has 0 aliphatic rings. The van der Waals surface area contributed by atoms with Crippen molar-refractivity contribution in [3.8, 4) is 6.07 Å². The van der Waals surface area contributed by atoms with E-state index in [0.29, 0.717) is 0 Å². The lowest BCUT2D eigenvalue weighted by atomic mass is 9.94. The zero-order chi connectivity index (χ0) is 10.8. The molecule has 0 aliphatic carbocycles. The highest BCUT2D eigenvalue weighted by molar-refractivity contribution is 6.33. The van der Waals surface area contributed by atoms with Gasteiger partial charge in [0.15, 0.2) is 0 Å². The molecule has 0 aliphatic heterocycles. The first-order chi connectivity index (χ1) is 7.22. The van der Waals surface area contributed by atoms with Gasteiger partial charge < -0.3 is 4.57 Å². The van der Waals surface area contributed by atoms with Crippen molar-refractivity contribution >= 4 is 30.3 Å². The van der Waals surface area contributed by atoms with Crippen LogP contribution in [0.2, 0.25) is 0 Å². The minimum atomic E-state index is 0.736. The van der Waals surface area contributed by atoms with E-state index in [2.05, 4.69) is 0 Å². The zero-order valence-electron chi connectivity index (χ0n) is 8.44. The summed E-state index contributed by atoms with van der Waals surface area (Å²) in [7, 11) is 7.71. The SMILES string of the molecule is [B]c1ccc2c(c1)c(/C=C/C#N)cn2C. The molecule has 70 valence electrons. The monoisotopic (exact) mass is 192 g/mol. The summed E-state index contributed by atoms with van der Waals surface area (Å²) in [6.07, 6.45) is 5.25. The van der Waals surface area contributed by atoms with Crippen molar-refractivity contribution in [3.63, 3.8) is 0 Å². The zero-order valence-corrected chi connectivity index (χ0v) is 8.44. The molecule has 1 aromatic heterocycles. The Morgan fingerprint density at radius 2 is 2.27 bits per heavy atom. The van der Waals surface area contributed by atoms with Crippen LogP contribution in [0.25, 0.3) is 17.0 Å². The van der Waals surface area contributed by atoms with Gasteiger partial charge in [-0.2, -0.15) is 5.26 Å². The summed E-state index contributed by atoms with van der Waals surface area (Å²) in [6.45, 7) is 0. The second-order valence-electron chi connectivity index (χ2n) is 3.43. The standard InChI is InChI=1S/C12H9BN2/c1-15-8-9(3-2-6-14)11-7-10(13)4-5-12(11)15/h2-5,7-8H,1H3/b3-2+. The molecule has 0 amide bonds. The Kier molecular flexibility index (Phi) is 2.35. The number of benzene rings is 1. The molecule has 0 saturated heterocycles. The molecular formula is C12H9BN2. The van der Waals surface area contributed by atoms with E-state index in [4.69, 9.17) is 13.1 Å². The number of nitriles is 1. The average Bonchev–Trinajstić information content (AvgIpc) is 2.52. The molecule has 15 heavy (non-hydrogen) atoms. The third-order valence-electron chi connectivity index (χ3n) is 2.38. The van der Waals surface area contributed by atoms with Gasteiger partial charge in [-0.1, -0.05) is 17.6 Å². The lowest BCUT2D eigenvalue weighted by molar-refractivity contribution is 0.968. The quantitative estimate of drug-likeness (QED) is 0.497. The Bertz CT molecular complexity index is 573. The van der Waals surface area contributed by atoms with Crippen molar-refractivity contribution in [2.45, 2.75) is 0 Å². The minimum Gasteiger partial charge on any atom is -0.350 e. The molecule has 0 atom stereocenters. The lowest BCUT2D eigenvalue weighted by Crippen LogP contribution is -1.99. The van der Waals surface area contributed by atoms with Gasteiger partial charge in [0.2, 0.25) is 0 Å². The minimum absolute atomic E-state index is 0.736. The van der Waals surface area contributed by atoms with Crippen LogP contribution < -0.4 is 5.46 Å². The van der Waals surface area contributed by atoms with Crippen molar-refractivity contribution in [2.75, 3.05) is 0 Å². The highest BCUT2D eigenvalue weighted by Gasteiger charge is 2.03. The number of aromatic nitrogens is 1. The van der Waals surface area contributed by atoms with E-state index in [1.54, 1.807) is 6.08 Å². The fourth-order valence-corrected chi connectivity index (χ4v) is 1.70. The van der Waals surface area contributed by atoms with E-state index >= 15 is 0 Å². The number of nitrogens with zero attached hydrogens (tertiary/aromatic N) is 2. The van der Waals surface area contributed by atoms with E-state index in [1.165, 1.54) is 6.08 Å². The predicted molar refractivity (Wildman–Crippen MR) is 63.0 cm³/mol. The summed E-state index contributed by atoms with van der Waals surface area (Å²) in [5.41, 5.74) is 2.86. The Morgan fingerprint density at radius 1 is 1.47 bits per heavy atom. The second-order valence-corrected chi connectivity index (χ2v) is 3.43. The number of allylic oxidation sites excluding steroid dienone is 1. The van der Waals surface area contributed by atoms with Crippen LogP contribution in [-0.2, 0) is 7.05 Å². The summed E-state index contributed by atoms with van der Waals surface area (Å²) in [5, 5.41) is 9.57. The first-order valence-electron chi connectivity index (χ1n) is 4.63. The number of hydrogen-bond acceptors (Lipinski definition) is 1. The summed E-state index contributed by atoms with van der Waals surface area (Å²) in [5.74, 6) is 0. The third-order valence-corrected chi connectivity index (χ3v) is 2.38. The van der Waals surface area contributed by atoms with Crippen LogP contribution in [0.4, 0.5) is 0 Å².